The van der Waals surface area contributed by atoms with Gasteiger partial charge in [0.1, 0.15) is 30.0 Å². The Kier molecular flexibility index (Phi) is 8.99. The van der Waals surface area contributed by atoms with E-state index in [2.05, 4.69) is 0 Å². The average molecular weight is 657 g/mol. The van der Waals surface area contributed by atoms with Gasteiger partial charge in [-0.3, -0.25) is 4.79 Å². The first-order valence-electron chi connectivity index (χ1n) is 13.7. The minimum atomic E-state index is -4.29. The highest BCUT2D eigenvalue weighted by atomic mass is 16.7. The molecule has 2 heterocycles. The van der Waals surface area contributed by atoms with Crippen LogP contribution in [0.4, 0.5) is 0 Å². The quantitative estimate of drug-likeness (QED) is 0.1000. The first-order chi connectivity index (χ1) is 21.2. The molecule has 2 saturated heterocycles. The summed E-state index contributed by atoms with van der Waals surface area (Å²) in [4.78, 5) is 13.8. The van der Waals surface area contributed by atoms with Crippen LogP contribution in [0.15, 0.2) is 42.5 Å². The summed E-state index contributed by atoms with van der Waals surface area (Å²) < 4.78 is 10.4. The fraction of sp³-hybridized carbons (Fsp3) is 0.483. The molecule has 4 rings (SSSR count). The molecule has 0 amide bonds. The van der Waals surface area contributed by atoms with Crippen LogP contribution in [0, 0.1) is 0 Å². The minimum absolute atomic E-state index is 0.00142. The van der Waals surface area contributed by atoms with Crippen LogP contribution < -0.4 is 0 Å². The molecule has 0 saturated carbocycles. The van der Waals surface area contributed by atoms with Crippen molar-refractivity contribution in [2.24, 2.45) is 0 Å². The highest BCUT2D eigenvalue weighted by Crippen LogP contribution is 2.57. The monoisotopic (exact) mass is 656 g/mol. The summed E-state index contributed by atoms with van der Waals surface area (Å²) in [6, 6.07) is 5.50. The molecule has 0 aromatic heterocycles. The van der Waals surface area contributed by atoms with Crippen LogP contribution in [-0.2, 0) is 19.9 Å². The van der Waals surface area contributed by atoms with Crippen LogP contribution >= 0.6 is 0 Å². The summed E-state index contributed by atoms with van der Waals surface area (Å²) in [7, 11) is 0. The second-order valence-electron chi connectivity index (χ2n) is 11.6. The van der Waals surface area contributed by atoms with Gasteiger partial charge < -0.3 is 81.0 Å². The molecule has 2 aromatic rings. The number of ether oxygens (including phenoxy) is 2. The Bertz CT molecular complexity index is 1510. The van der Waals surface area contributed by atoms with Crippen molar-refractivity contribution in [3.05, 3.63) is 53.6 Å². The number of rotatable bonds is 7. The zero-order valence-corrected chi connectivity index (χ0v) is 24.3. The number of hydrogen-bond acceptors (Lipinski definition) is 17. The summed E-state index contributed by atoms with van der Waals surface area (Å²) in [5.74, 6) is -8.56. The van der Waals surface area contributed by atoms with Crippen molar-refractivity contribution >= 4 is 11.9 Å². The zero-order chi connectivity index (χ0) is 34.8. The maximum absolute atomic E-state index is 13.8. The molecule has 46 heavy (non-hydrogen) atoms. The molecule has 3 unspecified atom stereocenters. The lowest BCUT2D eigenvalue weighted by Gasteiger charge is -2.66. The Labute approximate surface area is 259 Å². The fourth-order valence-electron chi connectivity index (χ4n) is 6.05. The third-order valence-electron chi connectivity index (χ3n) is 8.89. The number of ketones is 1. The number of hydrogen-bond donors (Lipinski definition) is 14. The van der Waals surface area contributed by atoms with Gasteiger partial charge in [0, 0.05) is 0 Å². The van der Waals surface area contributed by atoms with E-state index in [1.807, 2.05) is 0 Å². The maximum Gasteiger partial charge on any atom is 0.235 e. The summed E-state index contributed by atoms with van der Waals surface area (Å²) >= 11 is 0. The summed E-state index contributed by atoms with van der Waals surface area (Å²) in [5.41, 5.74) is -16.4. The van der Waals surface area contributed by atoms with E-state index in [1.54, 1.807) is 0 Å². The predicted octanol–water partition coefficient (Wildman–Crippen LogP) is -3.91. The van der Waals surface area contributed by atoms with Gasteiger partial charge >= 0.3 is 0 Å². The van der Waals surface area contributed by atoms with Crippen molar-refractivity contribution in [2.45, 2.75) is 78.8 Å². The van der Waals surface area contributed by atoms with Gasteiger partial charge in [-0.15, -0.1) is 0 Å². The molecule has 2 aliphatic rings. The Balaban J connectivity index is 2.01. The van der Waals surface area contributed by atoms with Gasteiger partial charge in [0.15, 0.2) is 51.9 Å². The summed E-state index contributed by atoms with van der Waals surface area (Å²) in [5, 5.41) is 154. The molecule has 17 nitrogen and oxygen atoms in total. The molecule has 0 aliphatic carbocycles. The lowest BCUT2D eigenvalue weighted by molar-refractivity contribution is -0.497. The molecule has 2 aliphatic heterocycles. The molecule has 14 N–H and O–H groups in total. The van der Waals surface area contributed by atoms with E-state index in [-0.39, 0.29) is 5.56 Å². The number of benzene rings is 2. The number of phenolic OH excluding ortho intramolecular Hbond substituents is 4. The average Bonchev–Trinajstić information content (AvgIpc) is 3.01. The van der Waals surface area contributed by atoms with Crippen molar-refractivity contribution in [2.75, 3.05) is 6.61 Å². The topological polar surface area (TPSA) is 319 Å². The number of carbonyl (C=O) groups is 1. The van der Waals surface area contributed by atoms with Crippen LogP contribution in [0.2, 0.25) is 0 Å². The van der Waals surface area contributed by atoms with E-state index in [0.717, 1.165) is 37.3 Å². The normalized spacial score (nSPS) is 39.7. The first kappa shape index (κ1) is 35.4. The maximum atomic E-state index is 13.8. The molecular formula is C29H36O17. The molecule has 0 spiro atoms. The van der Waals surface area contributed by atoms with E-state index in [9.17, 15) is 76.3 Å². The highest BCUT2D eigenvalue weighted by Gasteiger charge is 2.86. The molecule has 2 fully saturated rings. The smallest absolute Gasteiger partial charge is 0.235 e. The van der Waals surface area contributed by atoms with Crippen molar-refractivity contribution < 1.29 is 85.8 Å². The zero-order valence-electron chi connectivity index (χ0n) is 24.3. The van der Waals surface area contributed by atoms with Gasteiger partial charge in [-0.05, 0) is 55.3 Å². The number of aromatic hydroxyl groups is 4. The minimum Gasteiger partial charge on any atom is -0.504 e. The van der Waals surface area contributed by atoms with Crippen molar-refractivity contribution in [3.8, 4) is 23.0 Å². The van der Waals surface area contributed by atoms with Crippen LogP contribution in [0.1, 0.15) is 25.0 Å². The molecule has 17 heteroatoms. The standard InChI is InChI=1S/C29H36O17/c1-12-22(37)26(41,20(35)8-4-13-3-6-15(31)17(33)9-13)28(43,24(39)45-12)27(42)23(38)21(36)19(11-30)46-29(27,44)25(2,40)14-5-7-16(32)18(34)10-14/h3-10,12,19,21-24,30-34,36-44H,11H2,1-2H3/b8-4+/t12-,19+,21+,22+,23-,24?,25?,26+,27+,28-,29?/m0/s1. The van der Waals surface area contributed by atoms with Crippen LogP contribution in [0.25, 0.3) is 6.08 Å². The molecule has 2 aromatic carbocycles. The molecule has 0 bridgehead atoms. The van der Waals surface area contributed by atoms with Gasteiger partial charge in [0.05, 0.1) is 12.7 Å². The number of aliphatic hydroxyl groups is 10. The van der Waals surface area contributed by atoms with Gasteiger partial charge in [-0.1, -0.05) is 18.2 Å². The Morgan fingerprint density at radius 1 is 0.870 bits per heavy atom. The molecule has 11 atom stereocenters. The predicted molar refractivity (Wildman–Crippen MR) is 149 cm³/mol. The number of carbonyl (C=O) groups excluding carboxylic acids is 1. The van der Waals surface area contributed by atoms with E-state index < -0.39 is 106 Å². The number of aliphatic hydroxyl groups excluding tert-OH is 5. The lowest BCUT2D eigenvalue weighted by atomic mass is 9.54. The van der Waals surface area contributed by atoms with Crippen molar-refractivity contribution in [1.29, 1.82) is 0 Å². The lowest BCUT2D eigenvalue weighted by Crippen LogP contribution is -2.93. The number of phenols is 4. The van der Waals surface area contributed by atoms with Gasteiger partial charge in [0.25, 0.3) is 0 Å². The fourth-order valence-corrected chi connectivity index (χ4v) is 6.05. The van der Waals surface area contributed by atoms with Crippen molar-refractivity contribution in [1.82, 2.24) is 0 Å². The molecular weight excluding hydrogens is 620 g/mol. The summed E-state index contributed by atoms with van der Waals surface area (Å²) in [6.07, 6.45) is -13.7. The molecule has 0 radical (unpaired) electrons. The Morgan fingerprint density at radius 2 is 1.43 bits per heavy atom. The van der Waals surface area contributed by atoms with E-state index in [1.165, 1.54) is 6.07 Å². The second-order valence-corrected chi connectivity index (χ2v) is 11.6. The third-order valence-corrected chi connectivity index (χ3v) is 8.89. The van der Waals surface area contributed by atoms with Crippen LogP contribution in [0.5, 0.6) is 23.0 Å². The third kappa shape index (κ3) is 4.67. The first-order valence-corrected chi connectivity index (χ1v) is 13.7. The molecule has 254 valence electrons. The summed E-state index contributed by atoms with van der Waals surface area (Å²) in [6.45, 7) is 0.457. The van der Waals surface area contributed by atoms with Crippen LogP contribution in [-0.4, -0.2) is 143 Å². The van der Waals surface area contributed by atoms with Crippen molar-refractivity contribution in [3.63, 3.8) is 0 Å². The highest BCUT2D eigenvalue weighted by molar-refractivity contribution is 6.02. The largest absolute Gasteiger partial charge is 0.504 e. The van der Waals surface area contributed by atoms with Gasteiger partial charge in [0.2, 0.25) is 5.79 Å². The van der Waals surface area contributed by atoms with E-state index in [4.69, 9.17) is 9.47 Å². The Hall–Kier alpha value is -3.43. The Morgan fingerprint density at radius 3 is 1.98 bits per heavy atom. The van der Waals surface area contributed by atoms with Gasteiger partial charge in [-0.25, -0.2) is 0 Å². The van der Waals surface area contributed by atoms with Crippen LogP contribution in [0.3, 0.4) is 0 Å². The van der Waals surface area contributed by atoms with E-state index in [0.29, 0.717) is 19.1 Å². The SMILES string of the molecule is C[C@@H]1OC(O)[C@@](O)([C@]2(O)[C@@H](O)[C@H](O)[C@@H](CO)OC2(O)C(C)(O)c2ccc(O)c(O)c2)[C@@](O)(C(=O)/C=C/c2ccc(O)c(O)c2)[C@@H]1O. The van der Waals surface area contributed by atoms with E-state index >= 15 is 0 Å². The second kappa shape index (κ2) is 11.7. The van der Waals surface area contributed by atoms with Gasteiger partial charge in [-0.2, -0.15) is 0 Å².